The summed E-state index contributed by atoms with van der Waals surface area (Å²) in [4.78, 5) is 39.1. The van der Waals surface area contributed by atoms with E-state index in [1.165, 1.54) is 7.11 Å². The van der Waals surface area contributed by atoms with Crippen molar-refractivity contribution < 1.29 is 23.9 Å². The second kappa shape index (κ2) is 12.1. The molecule has 0 radical (unpaired) electrons. The largest absolute Gasteiger partial charge is 0.493 e. The molecule has 38 heavy (non-hydrogen) atoms. The van der Waals surface area contributed by atoms with Gasteiger partial charge in [0, 0.05) is 11.3 Å². The van der Waals surface area contributed by atoms with Crippen molar-refractivity contribution in [2.24, 2.45) is 0 Å². The van der Waals surface area contributed by atoms with Gasteiger partial charge in [-0.15, -0.1) is 0 Å². The third-order valence-electron chi connectivity index (χ3n) is 5.54. The van der Waals surface area contributed by atoms with Crippen LogP contribution in [-0.2, 0) is 16.2 Å². The van der Waals surface area contributed by atoms with Gasteiger partial charge in [0.25, 0.3) is 11.1 Å². The van der Waals surface area contributed by atoms with Crippen LogP contribution in [-0.4, -0.2) is 35.6 Å². The molecule has 4 rings (SSSR count). The summed E-state index contributed by atoms with van der Waals surface area (Å²) >= 11 is 2.88. The first-order chi connectivity index (χ1) is 18.3. The van der Waals surface area contributed by atoms with E-state index in [-0.39, 0.29) is 18.1 Å². The fraction of sp³-hybridized carbons (Fsp3) is 0.143. The average molecular weight is 639 g/mol. The molecule has 0 bridgehead atoms. The lowest BCUT2D eigenvalue weighted by Gasteiger charge is -2.14. The maximum Gasteiger partial charge on any atom is 0.294 e. The lowest BCUT2D eigenvalue weighted by molar-refractivity contribution is -0.127. The van der Waals surface area contributed by atoms with Crippen molar-refractivity contribution >= 4 is 63.2 Å². The molecule has 1 aliphatic heterocycles. The Bertz CT molecular complexity index is 1500. The molecule has 0 atom stereocenters. The fourth-order valence-electron chi connectivity index (χ4n) is 3.72. The number of anilines is 1. The van der Waals surface area contributed by atoms with Crippen molar-refractivity contribution in [3.63, 3.8) is 0 Å². The number of carbonyl (C=O) groups excluding carboxylic acids is 3. The van der Waals surface area contributed by atoms with Crippen LogP contribution in [0.4, 0.5) is 10.5 Å². The van der Waals surface area contributed by atoms with Crippen molar-refractivity contribution in [3.8, 4) is 17.6 Å². The second-order valence-electron chi connectivity index (χ2n) is 8.28. The van der Waals surface area contributed by atoms with Crippen LogP contribution in [0.2, 0.25) is 0 Å². The highest BCUT2D eigenvalue weighted by Gasteiger charge is 2.36. The van der Waals surface area contributed by atoms with E-state index in [2.05, 4.69) is 34.0 Å². The Labute approximate surface area is 237 Å². The number of nitrogens with one attached hydrogen (secondary N) is 1. The Morgan fingerprint density at radius 1 is 1.16 bits per heavy atom. The molecule has 192 valence electrons. The minimum absolute atomic E-state index is 0.180. The number of rotatable bonds is 8. The molecule has 10 heteroatoms. The van der Waals surface area contributed by atoms with E-state index in [1.807, 2.05) is 31.2 Å². The number of carbonyl (C=O) groups is 3. The molecule has 0 saturated carbocycles. The van der Waals surface area contributed by atoms with E-state index >= 15 is 0 Å². The zero-order valence-corrected chi connectivity index (χ0v) is 23.5. The summed E-state index contributed by atoms with van der Waals surface area (Å²) in [6.45, 7) is 1.70. The Morgan fingerprint density at radius 3 is 2.68 bits per heavy atom. The fourth-order valence-corrected chi connectivity index (χ4v) is 5.34. The Kier molecular flexibility index (Phi) is 8.70. The van der Waals surface area contributed by atoms with Crippen LogP contribution in [0.5, 0.6) is 11.5 Å². The van der Waals surface area contributed by atoms with Gasteiger partial charge in [-0.3, -0.25) is 19.3 Å². The van der Waals surface area contributed by atoms with E-state index in [1.54, 1.807) is 42.5 Å². The molecule has 3 aromatic rings. The number of halogens is 1. The number of amides is 3. The molecule has 1 aliphatic rings. The van der Waals surface area contributed by atoms with Gasteiger partial charge in [-0.1, -0.05) is 30.3 Å². The SMILES string of the molecule is COc1cc(/C=C2/SC(=O)N(CC(=O)Nc3cccc(C)c3)C2=O)cc(I)c1OCc1ccccc1C#N. The van der Waals surface area contributed by atoms with E-state index in [0.29, 0.717) is 28.3 Å². The van der Waals surface area contributed by atoms with Gasteiger partial charge in [0.05, 0.1) is 27.2 Å². The molecular weight excluding hydrogens is 617 g/mol. The quantitative estimate of drug-likeness (QED) is 0.248. The summed E-state index contributed by atoms with van der Waals surface area (Å²) < 4.78 is 12.2. The highest BCUT2D eigenvalue weighted by atomic mass is 127. The van der Waals surface area contributed by atoms with Crippen molar-refractivity contribution in [3.05, 3.63) is 91.4 Å². The predicted molar refractivity (Wildman–Crippen MR) is 154 cm³/mol. The van der Waals surface area contributed by atoms with Gasteiger partial charge in [-0.25, -0.2) is 0 Å². The number of thioether (sulfide) groups is 1. The number of aryl methyl sites for hydroxylation is 1. The zero-order valence-electron chi connectivity index (χ0n) is 20.5. The van der Waals surface area contributed by atoms with Crippen LogP contribution >= 0.6 is 34.4 Å². The lowest BCUT2D eigenvalue weighted by atomic mass is 10.1. The summed E-state index contributed by atoms with van der Waals surface area (Å²) in [5.74, 6) is -0.0649. The minimum atomic E-state index is -0.540. The average Bonchev–Trinajstić information content (AvgIpc) is 3.15. The molecule has 1 heterocycles. The van der Waals surface area contributed by atoms with Crippen LogP contribution in [0.1, 0.15) is 22.3 Å². The predicted octanol–water partition coefficient (Wildman–Crippen LogP) is 5.73. The first kappa shape index (κ1) is 27.2. The monoisotopic (exact) mass is 639 g/mol. The molecule has 0 unspecified atom stereocenters. The van der Waals surface area contributed by atoms with Gasteiger partial charge in [0.1, 0.15) is 13.2 Å². The normalized spacial score (nSPS) is 13.9. The molecule has 0 aromatic heterocycles. The van der Waals surface area contributed by atoms with Gasteiger partial charge < -0.3 is 14.8 Å². The first-order valence-electron chi connectivity index (χ1n) is 11.4. The standard InChI is InChI=1S/C28H22IN3O5S/c1-17-6-5-9-21(10-17)31-25(33)15-32-27(34)24(38-28(32)35)13-18-11-22(29)26(23(12-18)36-2)37-16-20-8-4-3-7-19(20)14-30/h3-13H,15-16H2,1-2H3,(H,31,33)/b24-13+. The number of ether oxygens (including phenoxy) is 2. The second-order valence-corrected chi connectivity index (χ2v) is 10.4. The van der Waals surface area contributed by atoms with Crippen molar-refractivity contribution in [1.82, 2.24) is 4.90 Å². The molecule has 3 amide bonds. The maximum absolute atomic E-state index is 12.9. The van der Waals surface area contributed by atoms with Crippen molar-refractivity contribution in [1.29, 1.82) is 5.26 Å². The molecular formula is C28H22IN3O5S. The highest BCUT2D eigenvalue weighted by Crippen LogP contribution is 2.37. The Morgan fingerprint density at radius 2 is 1.95 bits per heavy atom. The summed E-state index contributed by atoms with van der Waals surface area (Å²) in [6, 6.07) is 20.1. The van der Waals surface area contributed by atoms with Crippen molar-refractivity contribution in [2.75, 3.05) is 19.0 Å². The summed E-state index contributed by atoms with van der Waals surface area (Å²) in [5.41, 5.74) is 3.48. The van der Waals surface area contributed by atoms with E-state index in [9.17, 15) is 19.6 Å². The van der Waals surface area contributed by atoms with Crippen LogP contribution in [0.15, 0.2) is 65.6 Å². The molecule has 8 nitrogen and oxygen atoms in total. The first-order valence-corrected chi connectivity index (χ1v) is 13.3. The Balaban J connectivity index is 1.48. The number of imide groups is 1. The number of methoxy groups -OCH3 is 1. The Hall–Kier alpha value is -3.82. The third kappa shape index (κ3) is 6.35. The topological polar surface area (TPSA) is 109 Å². The van der Waals surface area contributed by atoms with E-state index in [0.717, 1.165) is 31.4 Å². The van der Waals surface area contributed by atoms with Crippen LogP contribution < -0.4 is 14.8 Å². The van der Waals surface area contributed by atoms with Gasteiger partial charge in [-0.2, -0.15) is 5.26 Å². The van der Waals surface area contributed by atoms with E-state index < -0.39 is 17.1 Å². The molecule has 3 aromatic carbocycles. The highest BCUT2D eigenvalue weighted by molar-refractivity contribution is 14.1. The summed E-state index contributed by atoms with van der Waals surface area (Å²) in [5, 5.41) is 11.5. The van der Waals surface area contributed by atoms with Gasteiger partial charge in [0.15, 0.2) is 11.5 Å². The molecule has 0 spiro atoms. The number of benzene rings is 3. The third-order valence-corrected chi connectivity index (χ3v) is 7.25. The van der Waals surface area contributed by atoms with Crippen LogP contribution in [0, 0.1) is 21.8 Å². The van der Waals surface area contributed by atoms with Crippen LogP contribution in [0.25, 0.3) is 6.08 Å². The number of hydrogen-bond donors (Lipinski definition) is 1. The molecule has 1 fully saturated rings. The van der Waals surface area contributed by atoms with Crippen molar-refractivity contribution in [2.45, 2.75) is 13.5 Å². The smallest absolute Gasteiger partial charge is 0.294 e. The molecule has 1 N–H and O–H groups in total. The molecule has 0 aliphatic carbocycles. The summed E-state index contributed by atoms with van der Waals surface area (Å²) in [7, 11) is 1.51. The van der Waals surface area contributed by atoms with Gasteiger partial charge in [-0.05, 0) is 88.8 Å². The lowest BCUT2D eigenvalue weighted by Crippen LogP contribution is -2.36. The van der Waals surface area contributed by atoms with Gasteiger partial charge in [0.2, 0.25) is 5.91 Å². The van der Waals surface area contributed by atoms with Gasteiger partial charge >= 0.3 is 0 Å². The summed E-state index contributed by atoms with van der Waals surface area (Å²) in [6.07, 6.45) is 1.59. The molecule has 1 saturated heterocycles. The number of hydrogen-bond acceptors (Lipinski definition) is 7. The van der Waals surface area contributed by atoms with E-state index in [4.69, 9.17) is 9.47 Å². The minimum Gasteiger partial charge on any atom is -0.493 e. The number of nitriles is 1. The zero-order chi connectivity index (χ0) is 27.2. The van der Waals surface area contributed by atoms with Crippen LogP contribution in [0.3, 0.4) is 0 Å². The number of nitrogens with zero attached hydrogens (tertiary/aromatic N) is 2. The maximum atomic E-state index is 12.9.